The zero-order chi connectivity index (χ0) is 45.3. The number of fused-ring (bicyclic) bond motifs is 8. The molecule has 2 unspecified atom stereocenters. The van der Waals surface area contributed by atoms with Gasteiger partial charge >= 0.3 is 400 Å². The predicted molar refractivity (Wildman–Crippen MR) is 260 cm³/mol. The van der Waals surface area contributed by atoms with E-state index in [1.807, 2.05) is 109 Å². The molecular weight excluding hydrogens is 959 g/mol. The Labute approximate surface area is 397 Å². The van der Waals surface area contributed by atoms with Crippen LogP contribution in [-0.4, -0.2) is 110 Å². The molecule has 4 bridgehead atoms. The van der Waals surface area contributed by atoms with Gasteiger partial charge in [-0.1, -0.05) is 0 Å². The van der Waals surface area contributed by atoms with Crippen molar-refractivity contribution >= 4 is 68.9 Å². The number of carbonyl (C=O) groups is 2. The van der Waals surface area contributed by atoms with Crippen LogP contribution in [0.4, 0.5) is 0 Å². The molecule has 12 rings (SSSR count). The van der Waals surface area contributed by atoms with Crippen molar-refractivity contribution in [2.45, 2.75) is 50.0 Å². The van der Waals surface area contributed by atoms with E-state index in [9.17, 15) is 9.59 Å². The first-order chi connectivity index (χ1) is 32.3. The van der Waals surface area contributed by atoms with Crippen LogP contribution in [0, 0.1) is 23.7 Å². The molecule has 4 aromatic carbocycles. The third kappa shape index (κ3) is 8.71. The Morgan fingerprint density at radius 3 is 1.47 bits per heavy atom. The molecule has 0 spiro atoms. The van der Waals surface area contributed by atoms with E-state index in [1.54, 1.807) is 14.2 Å². The summed E-state index contributed by atoms with van der Waals surface area (Å²) in [7, 11) is 3.32. The van der Waals surface area contributed by atoms with E-state index in [2.05, 4.69) is 45.1 Å². The number of ether oxygens (including phenoxy) is 4. The van der Waals surface area contributed by atoms with E-state index >= 15 is 0 Å². The fraction of sp³-hybridized carbons (Fsp3) is 0.333. The summed E-state index contributed by atoms with van der Waals surface area (Å²) in [5, 5.41) is 1.82. The van der Waals surface area contributed by atoms with Gasteiger partial charge in [0, 0.05) is 0 Å². The molecule has 0 saturated carbocycles. The number of carbonyl (C=O) groups excluding carboxylic acids is 2. The molecule has 12 heteroatoms. The first kappa shape index (κ1) is 44.5. The third-order valence-electron chi connectivity index (χ3n) is 14.5. The van der Waals surface area contributed by atoms with Crippen LogP contribution in [0.5, 0.6) is 11.5 Å². The summed E-state index contributed by atoms with van der Waals surface area (Å²) in [6.45, 7) is 12.0. The number of rotatable bonds is 15. The Hall–Kier alpha value is -5.32. The number of esters is 2. The van der Waals surface area contributed by atoms with Crippen LogP contribution >= 0.6 is 0 Å². The first-order valence-corrected chi connectivity index (χ1v) is 28.9. The Morgan fingerprint density at radius 1 is 0.636 bits per heavy atom. The maximum absolute atomic E-state index is 14.7. The molecule has 6 aliphatic heterocycles. The van der Waals surface area contributed by atoms with Crippen molar-refractivity contribution in [1.29, 1.82) is 0 Å². The van der Waals surface area contributed by atoms with Crippen molar-refractivity contribution in [3.63, 3.8) is 0 Å². The molecule has 6 aromatic rings. The van der Waals surface area contributed by atoms with Crippen LogP contribution in [0.1, 0.15) is 69.7 Å². The molecule has 0 aliphatic carbocycles. The molecule has 338 valence electrons. The standard InChI is InChI=1S/C54H54N4O6Se2/c1-5-33-31-57-25-21-35(33)27-47(57)51(39-19-23-55-45-17-15-37(61-3)29-43(39)45)63-53(59)41-11-7-9-13-49(41)65-66-50-14-10-8-12-42(50)54(60)64-52(48-28-36-22-26-58(48)32-34(36)6-2)40-20-24-56-46-18-16-38(62-4)30-44(40)46/h5-20,23-24,29-30,33-36,47-48,51-52H,1-2,21-22,25-28,31-32H2,3-4H3/t33-,34-,35-,36-,47-,48-,51+,52+/m0/s1. The number of pyridine rings is 2. The average Bonchev–Trinajstić information content (AvgIpc) is 3.38. The third-order valence-corrected chi connectivity index (χ3v) is 21.7. The van der Waals surface area contributed by atoms with Crippen molar-refractivity contribution in [3.8, 4) is 11.5 Å². The normalized spacial score (nSPS) is 25.2. The maximum atomic E-state index is 14.7. The Kier molecular flexibility index (Phi) is 13.1. The number of nitrogens with zero attached hydrogens (tertiary/aromatic N) is 4. The molecule has 0 radical (unpaired) electrons. The summed E-state index contributed by atoms with van der Waals surface area (Å²) in [5.74, 6) is 2.54. The van der Waals surface area contributed by atoms with Crippen molar-refractivity contribution in [2.75, 3.05) is 40.4 Å². The zero-order valence-electron chi connectivity index (χ0n) is 37.3. The van der Waals surface area contributed by atoms with Gasteiger partial charge in [0.25, 0.3) is 0 Å². The van der Waals surface area contributed by atoms with Crippen LogP contribution in [0.2, 0.25) is 0 Å². The van der Waals surface area contributed by atoms with E-state index in [0.29, 0.717) is 34.8 Å². The summed E-state index contributed by atoms with van der Waals surface area (Å²) in [6, 6.07) is 31.3. The predicted octanol–water partition coefficient (Wildman–Crippen LogP) is 7.66. The van der Waals surface area contributed by atoms with Crippen LogP contribution in [0.3, 0.4) is 0 Å². The minimum absolute atomic E-state index is 0.000441. The first-order valence-electron chi connectivity index (χ1n) is 22.9. The molecule has 0 N–H and O–H groups in total. The minimum atomic E-state index is -0.532. The second-order valence-corrected chi connectivity index (χ2v) is 24.0. The molecule has 6 saturated heterocycles. The molecule has 0 amide bonds. The molecule has 6 aliphatic rings. The average molecular weight is 1010 g/mol. The van der Waals surface area contributed by atoms with Crippen molar-refractivity contribution in [1.82, 2.24) is 19.8 Å². The van der Waals surface area contributed by atoms with Crippen molar-refractivity contribution in [2.24, 2.45) is 23.7 Å². The molecule has 66 heavy (non-hydrogen) atoms. The summed E-state index contributed by atoms with van der Waals surface area (Å²) in [4.78, 5) is 43.7. The topological polar surface area (TPSA) is 103 Å². The molecule has 8 heterocycles. The molecule has 10 nitrogen and oxygen atoms in total. The van der Waals surface area contributed by atoms with E-state index < -0.39 is 12.2 Å². The Bertz CT molecular complexity index is 2610. The fourth-order valence-electron chi connectivity index (χ4n) is 11.0. The van der Waals surface area contributed by atoms with Gasteiger partial charge in [-0.2, -0.15) is 0 Å². The molecule has 2 aromatic heterocycles. The van der Waals surface area contributed by atoms with Gasteiger partial charge in [-0.05, 0) is 0 Å². The van der Waals surface area contributed by atoms with Crippen molar-refractivity contribution in [3.05, 3.63) is 157 Å². The van der Waals surface area contributed by atoms with Crippen LogP contribution < -0.4 is 18.4 Å². The number of benzene rings is 4. The van der Waals surface area contributed by atoms with Gasteiger partial charge in [-0.25, -0.2) is 0 Å². The summed E-state index contributed by atoms with van der Waals surface area (Å²) < 4.78 is 26.7. The van der Waals surface area contributed by atoms with E-state index in [-0.39, 0.29) is 50.3 Å². The second kappa shape index (κ2) is 19.5. The van der Waals surface area contributed by atoms with Gasteiger partial charge in [0.05, 0.1) is 0 Å². The van der Waals surface area contributed by atoms with Crippen LogP contribution in [0.25, 0.3) is 21.8 Å². The Morgan fingerprint density at radius 2 is 1.08 bits per heavy atom. The molecule has 6 fully saturated rings. The number of hydrogen-bond donors (Lipinski definition) is 0. The number of aromatic nitrogens is 2. The summed E-state index contributed by atoms with van der Waals surface area (Å²) in [5.41, 5.74) is 4.61. The van der Waals surface area contributed by atoms with Gasteiger partial charge in [-0.3, -0.25) is 0 Å². The van der Waals surface area contributed by atoms with E-state index in [0.717, 1.165) is 105 Å². The van der Waals surface area contributed by atoms with Gasteiger partial charge in [0.2, 0.25) is 0 Å². The Balaban J connectivity index is 0.927. The van der Waals surface area contributed by atoms with E-state index in [4.69, 9.17) is 18.9 Å². The quantitative estimate of drug-likeness (QED) is 0.0579. The SMILES string of the molecule is C=C[C@H]1CN2CC[C@H]1C[C@H]2[C@H](OC(=O)c1ccccc1[Se][Se]c1ccccc1C(=O)O[C@H](c1ccnc2ccc(OC)cc12)[C@@H]1C[C@@H]2CCN1C[C@@H]2C=C)c1ccnc2ccc(OC)cc12. The van der Waals surface area contributed by atoms with E-state index in [1.165, 1.54) is 0 Å². The molecular formula is C54H54N4O6Se2. The van der Waals surface area contributed by atoms with Gasteiger partial charge in [-0.15, -0.1) is 0 Å². The molecule has 10 atom stereocenters. The van der Waals surface area contributed by atoms with Gasteiger partial charge < -0.3 is 0 Å². The summed E-state index contributed by atoms with van der Waals surface area (Å²) in [6.07, 6.45) is 10.8. The second-order valence-electron chi connectivity index (χ2n) is 17.9. The van der Waals surface area contributed by atoms with Crippen LogP contribution in [-0.2, 0) is 9.47 Å². The van der Waals surface area contributed by atoms with Gasteiger partial charge in [0.1, 0.15) is 0 Å². The number of methoxy groups -OCH3 is 2. The van der Waals surface area contributed by atoms with Crippen LogP contribution in [0.15, 0.2) is 135 Å². The fourth-order valence-corrected chi connectivity index (χ4v) is 18.1. The zero-order valence-corrected chi connectivity index (χ0v) is 40.7. The number of piperidine rings is 6. The number of hydrogen-bond acceptors (Lipinski definition) is 10. The summed E-state index contributed by atoms with van der Waals surface area (Å²) >= 11 is -0.359. The van der Waals surface area contributed by atoms with Crippen molar-refractivity contribution < 1.29 is 28.5 Å². The van der Waals surface area contributed by atoms with Gasteiger partial charge in [0.15, 0.2) is 0 Å². The monoisotopic (exact) mass is 1010 g/mol.